The second kappa shape index (κ2) is 5.18. The molecule has 1 rings (SSSR count). The Labute approximate surface area is 99.0 Å². The Balaban J connectivity index is 3.49. The summed E-state index contributed by atoms with van der Waals surface area (Å²) in [6, 6.07) is 1.62. The van der Waals surface area contributed by atoms with Crippen LogP contribution in [0.1, 0.15) is 22.8 Å². The third-order valence-electron chi connectivity index (χ3n) is 2.34. The van der Waals surface area contributed by atoms with Gasteiger partial charge in [0.15, 0.2) is 17.3 Å². The number of phenolic OH excluding ortho intramolecular Hbond substituents is 1. The number of hydrogen-bond acceptors (Lipinski definition) is 4. The molecule has 0 aliphatic carbocycles. The van der Waals surface area contributed by atoms with E-state index in [1.807, 2.05) is 6.92 Å². The Hall–Kier alpha value is -1.26. The lowest BCUT2D eigenvalue weighted by Gasteiger charge is -2.13. The number of phenols is 1. The van der Waals surface area contributed by atoms with Gasteiger partial charge < -0.3 is 15.6 Å². The van der Waals surface area contributed by atoms with Crippen molar-refractivity contribution >= 4 is 17.4 Å². The van der Waals surface area contributed by atoms with E-state index in [-0.39, 0.29) is 28.6 Å². The average molecular weight is 244 g/mol. The Morgan fingerprint density at radius 3 is 2.69 bits per heavy atom. The van der Waals surface area contributed by atoms with Crippen molar-refractivity contribution in [2.45, 2.75) is 13.3 Å². The van der Waals surface area contributed by atoms with Crippen LogP contribution in [0.2, 0.25) is 5.02 Å². The Kier molecular flexibility index (Phi) is 4.15. The fourth-order valence-corrected chi connectivity index (χ4v) is 1.83. The molecule has 5 heteroatoms. The van der Waals surface area contributed by atoms with E-state index in [0.717, 1.165) is 5.56 Å². The van der Waals surface area contributed by atoms with E-state index in [1.165, 1.54) is 7.11 Å². The number of nitrogens with two attached hydrogens (primary N) is 1. The first-order valence-electron chi connectivity index (χ1n) is 4.88. The monoisotopic (exact) mass is 243 g/mol. The van der Waals surface area contributed by atoms with Crippen LogP contribution < -0.4 is 10.5 Å². The highest BCUT2D eigenvalue weighted by atomic mass is 35.5. The van der Waals surface area contributed by atoms with E-state index in [4.69, 9.17) is 22.1 Å². The van der Waals surface area contributed by atoms with Crippen LogP contribution in [0, 0.1) is 0 Å². The molecule has 3 N–H and O–H groups in total. The number of hydrogen-bond donors (Lipinski definition) is 2. The number of carbonyl (C=O) groups excluding carboxylic acids is 1. The van der Waals surface area contributed by atoms with Gasteiger partial charge in [0.1, 0.15) is 0 Å². The van der Waals surface area contributed by atoms with Crippen LogP contribution in [0.3, 0.4) is 0 Å². The largest absolute Gasteiger partial charge is 0.504 e. The van der Waals surface area contributed by atoms with Gasteiger partial charge in [0, 0.05) is 0 Å². The zero-order valence-corrected chi connectivity index (χ0v) is 9.97. The van der Waals surface area contributed by atoms with Gasteiger partial charge in [-0.15, -0.1) is 0 Å². The zero-order valence-electron chi connectivity index (χ0n) is 9.21. The number of ketones is 1. The summed E-state index contributed by atoms with van der Waals surface area (Å²) in [5, 5.41) is 10.1. The molecular formula is C11H14ClNO3. The van der Waals surface area contributed by atoms with Crippen LogP contribution in [0.4, 0.5) is 0 Å². The van der Waals surface area contributed by atoms with Crippen LogP contribution in [-0.2, 0) is 6.42 Å². The number of methoxy groups -OCH3 is 1. The van der Waals surface area contributed by atoms with Crippen LogP contribution in [0.25, 0.3) is 0 Å². The third kappa shape index (κ3) is 2.13. The van der Waals surface area contributed by atoms with Crippen LogP contribution >= 0.6 is 11.6 Å². The highest BCUT2D eigenvalue weighted by Crippen LogP contribution is 2.38. The summed E-state index contributed by atoms with van der Waals surface area (Å²) in [5.74, 6) is -0.422. The molecule has 0 aromatic heterocycles. The minimum Gasteiger partial charge on any atom is -0.504 e. The van der Waals surface area contributed by atoms with Crippen LogP contribution in [0.15, 0.2) is 6.07 Å². The van der Waals surface area contributed by atoms with E-state index in [2.05, 4.69) is 0 Å². The van der Waals surface area contributed by atoms with E-state index >= 15 is 0 Å². The Bertz CT molecular complexity index is 390. The van der Waals surface area contributed by atoms with Crippen LogP contribution in [0.5, 0.6) is 11.5 Å². The minimum atomic E-state index is -0.406. The molecule has 4 nitrogen and oxygen atoms in total. The fourth-order valence-electron chi connectivity index (χ4n) is 1.45. The van der Waals surface area contributed by atoms with Gasteiger partial charge in [-0.05, 0) is 18.1 Å². The van der Waals surface area contributed by atoms with Gasteiger partial charge in [0.25, 0.3) is 0 Å². The molecule has 16 heavy (non-hydrogen) atoms. The summed E-state index contributed by atoms with van der Waals surface area (Å²) in [6.45, 7) is 1.69. The van der Waals surface area contributed by atoms with Crippen molar-refractivity contribution in [2.75, 3.05) is 13.7 Å². The topological polar surface area (TPSA) is 72.5 Å². The summed E-state index contributed by atoms with van der Waals surface area (Å²) >= 11 is 6.02. The average Bonchev–Trinajstić information content (AvgIpc) is 2.29. The molecule has 0 aliphatic rings. The smallest absolute Gasteiger partial charge is 0.181 e. The number of benzene rings is 1. The number of halogens is 1. The van der Waals surface area contributed by atoms with Crippen LogP contribution in [-0.4, -0.2) is 24.5 Å². The molecule has 0 spiro atoms. The molecule has 0 fully saturated rings. The number of aryl methyl sites for hydroxylation is 1. The molecule has 0 unspecified atom stereocenters. The molecule has 0 saturated carbocycles. The lowest BCUT2D eigenvalue weighted by atomic mass is 10.0. The molecule has 0 amide bonds. The van der Waals surface area contributed by atoms with Crippen molar-refractivity contribution in [3.8, 4) is 11.5 Å². The van der Waals surface area contributed by atoms with Gasteiger partial charge in [-0.2, -0.15) is 0 Å². The summed E-state index contributed by atoms with van der Waals surface area (Å²) in [5.41, 5.74) is 6.05. The SMILES string of the molecule is CCc1cc(OC)c(O)c(C(=O)CN)c1Cl. The van der Waals surface area contributed by atoms with Crippen molar-refractivity contribution in [2.24, 2.45) is 5.73 Å². The van der Waals surface area contributed by atoms with Crippen molar-refractivity contribution in [1.82, 2.24) is 0 Å². The Morgan fingerprint density at radius 1 is 1.62 bits per heavy atom. The van der Waals surface area contributed by atoms with Gasteiger partial charge in [-0.25, -0.2) is 0 Å². The van der Waals surface area contributed by atoms with Crippen molar-refractivity contribution in [3.63, 3.8) is 0 Å². The van der Waals surface area contributed by atoms with Gasteiger partial charge in [-0.3, -0.25) is 4.79 Å². The molecule has 0 heterocycles. The van der Waals surface area contributed by atoms with Gasteiger partial charge in [0.05, 0.1) is 24.2 Å². The molecule has 1 aromatic carbocycles. The van der Waals surface area contributed by atoms with Crippen molar-refractivity contribution in [1.29, 1.82) is 0 Å². The van der Waals surface area contributed by atoms with Gasteiger partial charge in [-0.1, -0.05) is 18.5 Å². The highest BCUT2D eigenvalue weighted by molar-refractivity contribution is 6.35. The summed E-state index contributed by atoms with van der Waals surface area (Å²) < 4.78 is 4.98. The number of rotatable bonds is 4. The molecule has 0 aliphatic heterocycles. The standard InChI is InChI=1S/C11H14ClNO3/c1-3-6-4-8(16-2)11(15)9(10(6)12)7(14)5-13/h4,15H,3,5,13H2,1-2H3. The van der Waals surface area contributed by atoms with Crippen molar-refractivity contribution < 1.29 is 14.6 Å². The minimum absolute atomic E-state index is 0.0420. The molecule has 88 valence electrons. The maximum absolute atomic E-state index is 11.6. The summed E-state index contributed by atoms with van der Waals surface area (Å²) in [6.07, 6.45) is 0.639. The fraction of sp³-hybridized carbons (Fsp3) is 0.364. The first-order valence-corrected chi connectivity index (χ1v) is 5.26. The molecule has 0 atom stereocenters. The predicted molar refractivity (Wildman–Crippen MR) is 62.4 cm³/mol. The van der Waals surface area contributed by atoms with Gasteiger partial charge >= 0.3 is 0 Å². The van der Waals surface area contributed by atoms with Gasteiger partial charge in [0.2, 0.25) is 0 Å². The zero-order chi connectivity index (χ0) is 12.3. The first kappa shape index (κ1) is 12.8. The summed E-state index contributed by atoms with van der Waals surface area (Å²) in [4.78, 5) is 11.6. The van der Waals surface area contributed by atoms with E-state index in [0.29, 0.717) is 6.42 Å². The van der Waals surface area contributed by atoms with E-state index in [9.17, 15) is 9.90 Å². The lowest BCUT2D eigenvalue weighted by Crippen LogP contribution is -2.15. The second-order valence-corrected chi connectivity index (χ2v) is 3.63. The Morgan fingerprint density at radius 2 is 2.25 bits per heavy atom. The maximum Gasteiger partial charge on any atom is 0.181 e. The van der Waals surface area contributed by atoms with E-state index < -0.39 is 5.78 Å². The highest BCUT2D eigenvalue weighted by Gasteiger charge is 2.21. The molecule has 0 bridgehead atoms. The predicted octanol–water partition coefficient (Wildman–Crippen LogP) is 1.76. The number of aromatic hydroxyl groups is 1. The number of carbonyl (C=O) groups is 1. The summed E-state index contributed by atoms with van der Waals surface area (Å²) in [7, 11) is 1.42. The molecular weight excluding hydrogens is 230 g/mol. The maximum atomic E-state index is 11.6. The number of ether oxygens (including phenoxy) is 1. The second-order valence-electron chi connectivity index (χ2n) is 3.26. The molecule has 0 saturated heterocycles. The number of Topliss-reactive ketones (excluding diaryl/α,β-unsaturated/α-hetero) is 1. The van der Waals surface area contributed by atoms with E-state index in [1.54, 1.807) is 6.07 Å². The first-order chi connectivity index (χ1) is 7.56. The third-order valence-corrected chi connectivity index (χ3v) is 2.77. The molecule has 1 aromatic rings. The quantitative estimate of drug-likeness (QED) is 0.791. The molecule has 0 radical (unpaired) electrons. The lowest BCUT2D eigenvalue weighted by molar-refractivity contribution is 0.0998. The normalized spacial score (nSPS) is 10.2. The van der Waals surface area contributed by atoms with Crippen molar-refractivity contribution in [3.05, 3.63) is 22.2 Å².